The van der Waals surface area contributed by atoms with Gasteiger partial charge in [-0.15, -0.1) is 0 Å². The van der Waals surface area contributed by atoms with Gasteiger partial charge in [-0.25, -0.2) is 4.79 Å². The Morgan fingerprint density at radius 3 is 1.89 bits per heavy atom. The summed E-state index contributed by atoms with van der Waals surface area (Å²) in [4.78, 5) is 33.9. The van der Waals surface area contributed by atoms with Crippen LogP contribution in [0.25, 0.3) is 0 Å². The highest BCUT2D eigenvalue weighted by atomic mass is 16.6. The lowest BCUT2D eigenvalue weighted by atomic mass is 10.1. The van der Waals surface area contributed by atoms with Gasteiger partial charge in [0.2, 0.25) is 0 Å². The molecule has 0 aliphatic rings. The van der Waals surface area contributed by atoms with Crippen LogP contribution >= 0.6 is 0 Å². The highest BCUT2D eigenvalue weighted by molar-refractivity contribution is 5.82. The fourth-order valence-corrected chi connectivity index (χ4v) is 2.29. The molecule has 0 aliphatic carbocycles. The van der Waals surface area contributed by atoms with Crippen LogP contribution in [0.1, 0.15) is 67.2 Å². The third-order valence-corrected chi connectivity index (χ3v) is 3.70. The number of allylic oxidation sites excluding steroid dienone is 5. The van der Waals surface area contributed by atoms with Crippen molar-refractivity contribution in [3.05, 3.63) is 34.9 Å². The summed E-state index contributed by atoms with van der Waals surface area (Å²) in [6.45, 7) is 10.3. The van der Waals surface area contributed by atoms with E-state index in [1.165, 1.54) is 31.1 Å². The molecular weight excluding hydrogens is 360 g/mol. The maximum atomic E-state index is 11.9. The SMILES string of the molecule is CC(=O)OC[C@@H](COC(=O)/C=C(\C)CC/C=C(\C)CCC=C(C)C)OC(C)=O. The summed E-state index contributed by atoms with van der Waals surface area (Å²) in [6, 6.07) is 0. The molecule has 0 aromatic heterocycles. The molecule has 158 valence electrons. The van der Waals surface area contributed by atoms with Crippen molar-refractivity contribution in [2.75, 3.05) is 13.2 Å². The number of esters is 3. The van der Waals surface area contributed by atoms with Crippen LogP contribution in [-0.2, 0) is 28.6 Å². The minimum absolute atomic E-state index is 0.151. The molecule has 0 aromatic carbocycles. The van der Waals surface area contributed by atoms with Crippen molar-refractivity contribution in [3.63, 3.8) is 0 Å². The zero-order chi connectivity index (χ0) is 21.5. The molecule has 0 heterocycles. The van der Waals surface area contributed by atoms with Gasteiger partial charge in [-0.1, -0.05) is 28.9 Å². The smallest absolute Gasteiger partial charge is 0.330 e. The van der Waals surface area contributed by atoms with Gasteiger partial charge in [-0.2, -0.15) is 0 Å². The monoisotopic (exact) mass is 394 g/mol. The Bertz CT molecular complexity index is 609. The minimum Gasteiger partial charge on any atom is -0.462 e. The Hall–Kier alpha value is -2.37. The van der Waals surface area contributed by atoms with Gasteiger partial charge >= 0.3 is 17.9 Å². The average molecular weight is 395 g/mol. The molecule has 0 N–H and O–H groups in total. The fourth-order valence-electron chi connectivity index (χ4n) is 2.29. The van der Waals surface area contributed by atoms with Crippen LogP contribution in [0.2, 0.25) is 0 Å². The lowest BCUT2D eigenvalue weighted by Gasteiger charge is -2.16. The van der Waals surface area contributed by atoms with Gasteiger partial charge in [0.25, 0.3) is 0 Å². The maximum Gasteiger partial charge on any atom is 0.330 e. The van der Waals surface area contributed by atoms with Gasteiger partial charge in [0, 0.05) is 19.9 Å². The van der Waals surface area contributed by atoms with Crippen molar-refractivity contribution < 1.29 is 28.6 Å². The van der Waals surface area contributed by atoms with Gasteiger partial charge in [0.15, 0.2) is 6.10 Å². The normalized spacial score (nSPS) is 12.8. The van der Waals surface area contributed by atoms with E-state index < -0.39 is 24.0 Å². The number of hydrogen-bond donors (Lipinski definition) is 0. The van der Waals surface area contributed by atoms with Crippen molar-refractivity contribution in [1.82, 2.24) is 0 Å². The molecule has 0 rings (SSSR count). The quantitative estimate of drug-likeness (QED) is 0.211. The number of carbonyl (C=O) groups is 3. The van der Waals surface area contributed by atoms with E-state index in [1.54, 1.807) is 0 Å². The molecule has 0 aliphatic heterocycles. The fraction of sp³-hybridized carbons (Fsp3) is 0.591. The van der Waals surface area contributed by atoms with Crippen LogP contribution in [-0.4, -0.2) is 37.2 Å². The molecule has 0 saturated heterocycles. The molecule has 1 atom stereocenters. The van der Waals surface area contributed by atoms with Crippen molar-refractivity contribution >= 4 is 17.9 Å². The lowest BCUT2D eigenvalue weighted by molar-refractivity contribution is -0.163. The van der Waals surface area contributed by atoms with Crippen molar-refractivity contribution in [3.8, 4) is 0 Å². The van der Waals surface area contributed by atoms with E-state index in [2.05, 4.69) is 32.9 Å². The third kappa shape index (κ3) is 15.9. The lowest BCUT2D eigenvalue weighted by Crippen LogP contribution is -2.29. The van der Waals surface area contributed by atoms with Crippen LogP contribution in [0.5, 0.6) is 0 Å². The average Bonchev–Trinajstić information content (AvgIpc) is 2.56. The molecule has 0 fully saturated rings. The topological polar surface area (TPSA) is 78.9 Å². The van der Waals surface area contributed by atoms with Crippen molar-refractivity contribution in [2.24, 2.45) is 0 Å². The highest BCUT2D eigenvalue weighted by Crippen LogP contribution is 2.11. The molecular formula is C22H34O6. The Balaban J connectivity index is 4.37. The standard InChI is InChI=1S/C22H34O6/c1-16(2)9-7-10-17(3)11-8-12-18(4)13-22(25)27-15-21(28-20(6)24)14-26-19(5)23/h9,11,13,21H,7-8,10,12,14-15H2,1-6H3/b17-11+,18-13+/t21-/m0/s1. The molecule has 0 unspecified atom stereocenters. The summed E-state index contributed by atoms with van der Waals surface area (Å²) in [7, 11) is 0. The predicted octanol–water partition coefficient (Wildman–Crippen LogP) is 4.44. The van der Waals surface area contributed by atoms with E-state index in [-0.39, 0.29) is 13.2 Å². The molecule has 0 radical (unpaired) electrons. The molecule has 6 nitrogen and oxygen atoms in total. The summed E-state index contributed by atoms with van der Waals surface area (Å²) in [5, 5.41) is 0. The van der Waals surface area contributed by atoms with Gasteiger partial charge in [-0.05, 0) is 53.4 Å². The zero-order valence-electron chi connectivity index (χ0n) is 18.0. The second-order valence-electron chi connectivity index (χ2n) is 7.06. The molecule has 0 spiro atoms. The summed E-state index contributed by atoms with van der Waals surface area (Å²) in [6.07, 6.45) is 8.74. The Kier molecular flexibility index (Phi) is 13.4. The Labute approximate surface area is 168 Å². The summed E-state index contributed by atoms with van der Waals surface area (Å²) in [5.74, 6) is -1.54. The highest BCUT2D eigenvalue weighted by Gasteiger charge is 2.16. The molecule has 0 bridgehead atoms. The van der Waals surface area contributed by atoms with E-state index in [4.69, 9.17) is 14.2 Å². The van der Waals surface area contributed by atoms with Gasteiger partial charge in [-0.3, -0.25) is 9.59 Å². The minimum atomic E-state index is -0.814. The largest absolute Gasteiger partial charge is 0.462 e. The van der Waals surface area contributed by atoms with Crippen LogP contribution in [0.3, 0.4) is 0 Å². The maximum absolute atomic E-state index is 11.9. The van der Waals surface area contributed by atoms with E-state index in [1.807, 2.05) is 6.92 Å². The van der Waals surface area contributed by atoms with Crippen molar-refractivity contribution in [2.45, 2.75) is 73.3 Å². The summed E-state index contributed by atoms with van der Waals surface area (Å²) < 4.78 is 14.9. The first-order valence-electron chi connectivity index (χ1n) is 9.53. The van der Waals surface area contributed by atoms with Crippen molar-refractivity contribution in [1.29, 1.82) is 0 Å². The zero-order valence-corrected chi connectivity index (χ0v) is 18.0. The molecule has 6 heteroatoms. The molecule has 0 saturated carbocycles. The van der Waals surface area contributed by atoms with Gasteiger partial charge in [0.1, 0.15) is 13.2 Å². The van der Waals surface area contributed by atoms with Crippen LogP contribution in [0.15, 0.2) is 34.9 Å². The predicted molar refractivity (Wildman–Crippen MR) is 109 cm³/mol. The van der Waals surface area contributed by atoms with Crippen LogP contribution in [0.4, 0.5) is 0 Å². The Morgan fingerprint density at radius 1 is 0.750 bits per heavy atom. The first-order chi connectivity index (χ1) is 13.1. The van der Waals surface area contributed by atoms with Gasteiger partial charge in [0.05, 0.1) is 0 Å². The van der Waals surface area contributed by atoms with E-state index >= 15 is 0 Å². The van der Waals surface area contributed by atoms with Crippen LogP contribution < -0.4 is 0 Å². The van der Waals surface area contributed by atoms with E-state index in [9.17, 15) is 14.4 Å². The number of carbonyl (C=O) groups excluding carboxylic acids is 3. The second-order valence-corrected chi connectivity index (χ2v) is 7.06. The Morgan fingerprint density at radius 2 is 1.32 bits per heavy atom. The summed E-state index contributed by atoms with van der Waals surface area (Å²) in [5.41, 5.74) is 3.57. The molecule has 0 aromatic rings. The van der Waals surface area contributed by atoms with Gasteiger partial charge < -0.3 is 14.2 Å². The van der Waals surface area contributed by atoms with E-state index in [0.717, 1.165) is 31.3 Å². The third-order valence-electron chi connectivity index (χ3n) is 3.70. The van der Waals surface area contributed by atoms with Crippen LogP contribution in [0, 0.1) is 0 Å². The first-order valence-corrected chi connectivity index (χ1v) is 9.53. The molecule has 28 heavy (non-hydrogen) atoms. The van der Waals surface area contributed by atoms with E-state index in [0.29, 0.717) is 0 Å². The summed E-state index contributed by atoms with van der Waals surface area (Å²) >= 11 is 0. The molecule has 0 amide bonds. The number of ether oxygens (including phenoxy) is 3. The first kappa shape index (κ1) is 25.6. The second kappa shape index (κ2) is 14.7. The number of hydrogen-bond acceptors (Lipinski definition) is 6. The number of rotatable bonds is 12.